The van der Waals surface area contributed by atoms with E-state index in [4.69, 9.17) is 4.74 Å². The number of piperazine rings is 1. The second kappa shape index (κ2) is 10.1. The number of amides is 1. The standard InChI is InChI=1S/C25H30N4O4/c1-27(2)23(30)16-28-10-12-29(13-11-28)24(25(31)32)21-15-26-22-9-8-19(14-20(21)22)33-17-18-6-4-3-5-7-18/h3-9,14-15,24,26H,10-13,16-17H2,1-2H3,(H,31,32). The molecule has 1 amide bonds. The van der Waals surface area contributed by atoms with Crippen molar-refractivity contribution >= 4 is 22.8 Å². The van der Waals surface area contributed by atoms with E-state index in [1.54, 1.807) is 25.2 Å². The number of aromatic nitrogens is 1. The molecule has 174 valence electrons. The largest absolute Gasteiger partial charge is 0.489 e. The number of fused-ring (bicyclic) bond motifs is 1. The van der Waals surface area contributed by atoms with Gasteiger partial charge in [-0.05, 0) is 23.8 Å². The lowest BCUT2D eigenvalue weighted by atomic mass is 10.0. The summed E-state index contributed by atoms with van der Waals surface area (Å²) in [7, 11) is 3.49. The second-order valence-corrected chi connectivity index (χ2v) is 8.57. The van der Waals surface area contributed by atoms with Crippen LogP contribution in [0, 0.1) is 0 Å². The van der Waals surface area contributed by atoms with E-state index < -0.39 is 12.0 Å². The summed E-state index contributed by atoms with van der Waals surface area (Å²) in [6, 6.07) is 14.9. The van der Waals surface area contributed by atoms with Gasteiger partial charge in [-0.3, -0.25) is 19.4 Å². The molecule has 1 aliphatic heterocycles. The number of aliphatic carboxylic acids is 1. The lowest BCUT2D eigenvalue weighted by molar-refractivity contribution is -0.145. The number of rotatable bonds is 8. The molecular weight excluding hydrogens is 420 g/mol. The number of hydrogen-bond acceptors (Lipinski definition) is 5. The van der Waals surface area contributed by atoms with Gasteiger partial charge in [-0.25, -0.2) is 0 Å². The first-order chi connectivity index (χ1) is 15.9. The SMILES string of the molecule is CN(C)C(=O)CN1CCN(C(C(=O)O)c2c[nH]c3ccc(OCc4ccccc4)cc23)CC1. The number of carbonyl (C=O) groups excluding carboxylic acids is 1. The van der Waals surface area contributed by atoms with Crippen molar-refractivity contribution in [2.24, 2.45) is 0 Å². The average molecular weight is 451 g/mol. The van der Waals surface area contributed by atoms with Crippen molar-refractivity contribution in [3.05, 3.63) is 65.9 Å². The van der Waals surface area contributed by atoms with E-state index >= 15 is 0 Å². The maximum Gasteiger partial charge on any atom is 0.325 e. The molecule has 8 nitrogen and oxygen atoms in total. The first kappa shape index (κ1) is 22.8. The Kier molecular flexibility index (Phi) is 6.96. The summed E-state index contributed by atoms with van der Waals surface area (Å²) < 4.78 is 5.96. The van der Waals surface area contributed by atoms with Crippen LogP contribution in [0.5, 0.6) is 5.75 Å². The smallest absolute Gasteiger partial charge is 0.325 e. The minimum atomic E-state index is -0.885. The van der Waals surface area contributed by atoms with Gasteiger partial charge in [0.1, 0.15) is 18.4 Å². The van der Waals surface area contributed by atoms with Gasteiger partial charge >= 0.3 is 5.97 Å². The number of benzene rings is 2. The molecule has 3 aromatic rings. The molecule has 1 saturated heterocycles. The van der Waals surface area contributed by atoms with Crippen molar-refractivity contribution in [3.63, 3.8) is 0 Å². The molecule has 1 unspecified atom stereocenters. The summed E-state index contributed by atoms with van der Waals surface area (Å²) in [5.41, 5.74) is 2.67. The van der Waals surface area contributed by atoms with Crippen molar-refractivity contribution in [1.29, 1.82) is 0 Å². The van der Waals surface area contributed by atoms with Gasteiger partial charge in [-0.2, -0.15) is 0 Å². The fraction of sp³-hybridized carbons (Fsp3) is 0.360. The molecule has 33 heavy (non-hydrogen) atoms. The Morgan fingerprint density at radius 3 is 2.48 bits per heavy atom. The first-order valence-electron chi connectivity index (χ1n) is 11.1. The minimum absolute atomic E-state index is 0.0536. The lowest BCUT2D eigenvalue weighted by Gasteiger charge is -2.37. The highest BCUT2D eigenvalue weighted by Crippen LogP contribution is 2.32. The number of carboxylic acid groups (broad SMARTS) is 1. The highest BCUT2D eigenvalue weighted by Gasteiger charge is 2.32. The fourth-order valence-electron chi connectivity index (χ4n) is 4.18. The zero-order valence-corrected chi connectivity index (χ0v) is 19.0. The monoisotopic (exact) mass is 450 g/mol. The molecule has 2 aromatic carbocycles. The Bertz CT molecular complexity index is 1100. The molecule has 1 fully saturated rings. The predicted molar refractivity (Wildman–Crippen MR) is 126 cm³/mol. The van der Waals surface area contributed by atoms with Gasteiger partial charge in [0.15, 0.2) is 0 Å². The van der Waals surface area contributed by atoms with E-state index in [-0.39, 0.29) is 5.91 Å². The van der Waals surface area contributed by atoms with Crippen LogP contribution in [0.15, 0.2) is 54.7 Å². The van der Waals surface area contributed by atoms with Crippen LogP contribution in [-0.2, 0) is 16.2 Å². The van der Waals surface area contributed by atoms with Crippen molar-refractivity contribution < 1.29 is 19.4 Å². The zero-order valence-electron chi connectivity index (χ0n) is 19.0. The Hall–Kier alpha value is -3.36. The number of hydrogen-bond donors (Lipinski definition) is 2. The van der Waals surface area contributed by atoms with E-state index in [1.165, 1.54) is 0 Å². The molecule has 2 heterocycles. The second-order valence-electron chi connectivity index (χ2n) is 8.57. The quantitative estimate of drug-likeness (QED) is 0.548. The molecule has 1 aromatic heterocycles. The number of carbonyl (C=O) groups is 2. The van der Waals surface area contributed by atoms with Crippen LogP contribution in [0.3, 0.4) is 0 Å². The first-order valence-corrected chi connectivity index (χ1v) is 11.1. The number of ether oxygens (including phenoxy) is 1. The predicted octanol–water partition coefficient (Wildman–Crippen LogP) is 2.58. The van der Waals surface area contributed by atoms with Crippen molar-refractivity contribution in [2.75, 3.05) is 46.8 Å². The van der Waals surface area contributed by atoms with Crippen LogP contribution in [0.1, 0.15) is 17.2 Å². The van der Waals surface area contributed by atoms with Gasteiger partial charge in [0.05, 0.1) is 6.54 Å². The van der Waals surface area contributed by atoms with Gasteiger partial charge in [-0.1, -0.05) is 30.3 Å². The molecule has 0 radical (unpaired) electrons. The molecule has 0 aliphatic carbocycles. The van der Waals surface area contributed by atoms with Crippen molar-refractivity contribution in [3.8, 4) is 5.75 Å². The number of carboxylic acids is 1. The summed E-state index contributed by atoms with van der Waals surface area (Å²) in [6.45, 7) is 3.26. The number of nitrogens with zero attached hydrogens (tertiary/aromatic N) is 3. The molecule has 4 rings (SSSR count). The summed E-state index contributed by atoms with van der Waals surface area (Å²) in [6.07, 6.45) is 1.78. The normalized spacial score (nSPS) is 15.9. The van der Waals surface area contributed by atoms with E-state index in [0.717, 1.165) is 22.0 Å². The number of aromatic amines is 1. The van der Waals surface area contributed by atoms with Crippen LogP contribution >= 0.6 is 0 Å². The third-order valence-corrected chi connectivity index (χ3v) is 6.09. The van der Waals surface area contributed by atoms with Gasteiger partial charge in [0, 0.05) is 62.9 Å². The maximum atomic E-state index is 12.3. The Morgan fingerprint density at radius 1 is 1.09 bits per heavy atom. The van der Waals surface area contributed by atoms with Crippen LogP contribution in [0.4, 0.5) is 0 Å². The fourth-order valence-corrected chi connectivity index (χ4v) is 4.18. The Balaban J connectivity index is 1.49. The molecule has 2 N–H and O–H groups in total. The molecule has 0 spiro atoms. The van der Waals surface area contributed by atoms with Gasteiger partial charge < -0.3 is 19.7 Å². The summed E-state index contributed by atoms with van der Waals surface area (Å²) in [5.74, 6) is -0.134. The summed E-state index contributed by atoms with van der Waals surface area (Å²) in [5, 5.41) is 10.9. The highest BCUT2D eigenvalue weighted by molar-refractivity contribution is 5.90. The third kappa shape index (κ3) is 5.35. The zero-order chi connectivity index (χ0) is 23.4. The van der Waals surface area contributed by atoms with E-state index in [1.807, 2.05) is 53.4 Å². The van der Waals surface area contributed by atoms with Crippen LogP contribution in [0.2, 0.25) is 0 Å². The number of nitrogens with one attached hydrogen (secondary N) is 1. The van der Waals surface area contributed by atoms with E-state index in [9.17, 15) is 14.7 Å². The van der Waals surface area contributed by atoms with Gasteiger partial charge in [-0.15, -0.1) is 0 Å². The Morgan fingerprint density at radius 2 is 1.82 bits per heavy atom. The third-order valence-electron chi connectivity index (χ3n) is 6.09. The minimum Gasteiger partial charge on any atom is -0.489 e. The Labute approximate surface area is 193 Å². The molecule has 1 aliphatic rings. The van der Waals surface area contributed by atoms with Crippen molar-refractivity contribution in [1.82, 2.24) is 19.7 Å². The highest BCUT2D eigenvalue weighted by atomic mass is 16.5. The molecular formula is C25H30N4O4. The van der Waals surface area contributed by atoms with Crippen LogP contribution in [0.25, 0.3) is 10.9 Å². The molecule has 1 atom stereocenters. The average Bonchev–Trinajstić information content (AvgIpc) is 3.22. The topological polar surface area (TPSA) is 89.1 Å². The molecule has 8 heteroatoms. The van der Waals surface area contributed by atoms with Crippen molar-refractivity contribution in [2.45, 2.75) is 12.6 Å². The van der Waals surface area contributed by atoms with E-state index in [0.29, 0.717) is 45.1 Å². The van der Waals surface area contributed by atoms with Crippen LogP contribution < -0.4 is 4.74 Å². The van der Waals surface area contributed by atoms with E-state index in [2.05, 4.69) is 9.88 Å². The number of H-pyrrole nitrogens is 1. The lowest BCUT2D eigenvalue weighted by Crippen LogP contribution is -2.51. The maximum absolute atomic E-state index is 12.3. The summed E-state index contributed by atoms with van der Waals surface area (Å²) in [4.78, 5) is 33.2. The van der Waals surface area contributed by atoms with Gasteiger partial charge in [0.25, 0.3) is 0 Å². The van der Waals surface area contributed by atoms with Gasteiger partial charge in [0.2, 0.25) is 5.91 Å². The molecule has 0 bridgehead atoms. The van der Waals surface area contributed by atoms with Crippen LogP contribution in [-0.4, -0.2) is 83.5 Å². The number of likely N-dealkylation sites (N-methyl/N-ethyl adjacent to an activating group) is 1. The molecule has 0 saturated carbocycles. The summed E-state index contributed by atoms with van der Waals surface area (Å²) >= 11 is 0.